The number of esters is 2. The monoisotopic (exact) mass is 1020 g/mol. The first-order chi connectivity index (χ1) is 35.1. The van der Waals surface area contributed by atoms with Crippen molar-refractivity contribution in [1.82, 2.24) is 0 Å². The molecule has 0 bridgehead atoms. The van der Waals surface area contributed by atoms with Crippen LogP contribution in [0.4, 0.5) is 0 Å². The van der Waals surface area contributed by atoms with E-state index in [-0.39, 0.29) is 32.2 Å². The molecule has 9 nitrogen and oxygen atoms in total. The minimum atomic E-state index is -1.50. The Morgan fingerprint density at radius 2 is 0.750 bits per heavy atom. The first-order valence-electron chi connectivity index (χ1n) is 30.7. The van der Waals surface area contributed by atoms with E-state index in [0.29, 0.717) is 17.4 Å². The number of allylic oxidation sites excluding steroid dienone is 6. The summed E-state index contributed by atoms with van der Waals surface area (Å²) in [6.45, 7) is 4.86. The normalized spacial score (nSPS) is 13.0. The maximum absolute atomic E-state index is 12.8. The molecule has 0 spiro atoms. The third kappa shape index (κ3) is 55.3. The summed E-state index contributed by atoms with van der Waals surface area (Å²) in [5.41, 5.74) is 0. The van der Waals surface area contributed by atoms with Crippen LogP contribution in [0.5, 0.6) is 0 Å². The summed E-state index contributed by atoms with van der Waals surface area (Å²) in [7, 11) is 5.97. The molecule has 0 rings (SSSR count). The minimum Gasteiger partial charge on any atom is -0.477 e. The number of hydrogen-bond donors (Lipinski definition) is 1. The van der Waals surface area contributed by atoms with E-state index >= 15 is 0 Å². The number of hydrogen-bond acceptors (Lipinski definition) is 7. The van der Waals surface area contributed by atoms with Crippen LogP contribution in [0.2, 0.25) is 0 Å². The summed E-state index contributed by atoms with van der Waals surface area (Å²) < 4.78 is 22.8. The quantitative estimate of drug-likeness (QED) is 0.0211. The second-order valence-electron chi connectivity index (χ2n) is 22.0. The fourth-order valence-electron chi connectivity index (χ4n) is 8.91. The maximum Gasteiger partial charge on any atom is 0.361 e. The third-order valence-corrected chi connectivity index (χ3v) is 13.6. The van der Waals surface area contributed by atoms with Gasteiger partial charge in [0.25, 0.3) is 6.29 Å². The van der Waals surface area contributed by atoms with Gasteiger partial charge in [0.15, 0.2) is 6.10 Å². The lowest BCUT2D eigenvalue weighted by Gasteiger charge is -2.25. The lowest BCUT2D eigenvalue weighted by Crippen LogP contribution is -2.40. The van der Waals surface area contributed by atoms with E-state index in [9.17, 15) is 19.5 Å². The summed E-state index contributed by atoms with van der Waals surface area (Å²) in [5.74, 6) is -1.99. The molecule has 0 aromatic carbocycles. The fraction of sp³-hybridized carbons (Fsp3) is 0.857. The van der Waals surface area contributed by atoms with Gasteiger partial charge in [-0.15, -0.1) is 0 Å². The summed E-state index contributed by atoms with van der Waals surface area (Å²) in [6, 6.07) is 0. The van der Waals surface area contributed by atoms with Gasteiger partial charge in [-0.3, -0.25) is 9.59 Å². The summed E-state index contributed by atoms with van der Waals surface area (Å²) >= 11 is 0. The number of likely N-dealkylation sites (N-methyl/N-ethyl adjacent to an activating group) is 1. The maximum atomic E-state index is 12.8. The predicted octanol–water partition coefficient (Wildman–Crippen LogP) is 18.1. The van der Waals surface area contributed by atoms with Crippen LogP contribution in [-0.4, -0.2) is 87.4 Å². The van der Waals surface area contributed by atoms with Gasteiger partial charge < -0.3 is 28.5 Å². The second-order valence-corrected chi connectivity index (χ2v) is 22.0. The fourth-order valence-corrected chi connectivity index (χ4v) is 8.91. The Balaban J connectivity index is 3.85. The first-order valence-corrected chi connectivity index (χ1v) is 30.7. The lowest BCUT2D eigenvalue weighted by atomic mass is 10.0. The molecular formula is C63H118NO8+. The van der Waals surface area contributed by atoms with Crippen molar-refractivity contribution in [3.05, 3.63) is 36.5 Å². The van der Waals surface area contributed by atoms with Crippen molar-refractivity contribution < 1.29 is 42.9 Å². The van der Waals surface area contributed by atoms with Crippen molar-refractivity contribution in [3.63, 3.8) is 0 Å². The Morgan fingerprint density at radius 3 is 1.11 bits per heavy atom. The number of carboxylic acid groups (broad SMARTS) is 1. The highest BCUT2D eigenvalue weighted by Gasteiger charge is 2.25. The number of aliphatic carboxylic acids is 1. The van der Waals surface area contributed by atoms with E-state index in [1.165, 1.54) is 212 Å². The number of ether oxygens (including phenoxy) is 4. The molecule has 0 aromatic rings. The van der Waals surface area contributed by atoms with E-state index in [1.54, 1.807) is 0 Å². The van der Waals surface area contributed by atoms with Crippen molar-refractivity contribution >= 4 is 17.9 Å². The Morgan fingerprint density at radius 1 is 0.417 bits per heavy atom. The van der Waals surface area contributed by atoms with Crippen LogP contribution in [0.3, 0.4) is 0 Å². The average molecular weight is 1020 g/mol. The molecule has 72 heavy (non-hydrogen) atoms. The number of nitrogens with zero attached hydrogens (tertiary/aromatic N) is 1. The standard InChI is InChI=1S/C63H117NO8/c1-6-8-10-12-14-16-17-18-19-20-21-22-23-24-25-26-27-28-29-30-31-32-33-34-35-36-37-38-39-40-41-42-43-44-45-46-48-50-52-54-61(66)72-59(58-71-63(62(67)68)69-56-55-64(3,4)5)57-70-60(65)53-51-49-47-15-13-11-9-7-2/h17-18,20-21,23-24,59,63H,6-16,19,22,25-58H2,1-5H3/p+1/b18-17-,21-20-,24-23-. The van der Waals surface area contributed by atoms with E-state index in [2.05, 4.69) is 50.3 Å². The number of quaternary nitrogens is 1. The molecule has 0 saturated carbocycles. The van der Waals surface area contributed by atoms with E-state index in [4.69, 9.17) is 18.9 Å². The third-order valence-electron chi connectivity index (χ3n) is 13.6. The zero-order valence-electron chi connectivity index (χ0n) is 48.1. The number of unbranched alkanes of at least 4 members (excludes halogenated alkanes) is 36. The highest BCUT2D eigenvalue weighted by Crippen LogP contribution is 2.17. The van der Waals surface area contributed by atoms with E-state index in [1.807, 2.05) is 21.1 Å². The number of rotatable bonds is 57. The molecule has 0 aliphatic rings. The Bertz CT molecular complexity index is 1270. The van der Waals surface area contributed by atoms with Crippen LogP contribution in [0, 0.1) is 0 Å². The molecule has 0 saturated heterocycles. The number of carbonyl (C=O) groups excluding carboxylic acids is 2. The predicted molar refractivity (Wildman–Crippen MR) is 304 cm³/mol. The van der Waals surface area contributed by atoms with Gasteiger partial charge in [-0.25, -0.2) is 4.79 Å². The molecule has 2 unspecified atom stereocenters. The molecule has 0 aliphatic carbocycles. The minimum absolute atomic E-state index is 0.177. The summed E-state index contributed by atoms with van der Waals surface area (Å²) in [4.78, 5) is 37.1. The van der Waals surface area contributed by atoms with Crippen molar-refractivity contribution in [2.75, 3.05) is 47.5 Å². The van der Waals surface area contributed by atoms with Crippen molar-refractivity contribution in [2.45, 2.75) is 302 Å². The summed E-state index contributed by atoms with van der Waals surface area (Å²) in [6.07, 6.45) is 64.3. The van der Waals surface area contributed by atoms with Crippen LogP contribution in [0.25, 0.3) is 0 Å². The molecule has 422 valence electrons. The van der Waals surface area contributed by atoms with Crippen molar-refractivity contribution in [2.24, 2.45) is 0 Å². The topological polar surface area (TPSA) is 108 Å². The lowest BCUT2D eigenvalue weighted by molar-refractivity contribution is -0.870. The smallest absolute Gasteiger partial charge is 0.361 e. The molecular weight excluding hydrogens is 899 g/mol. The van der Waals surface area contributed by atoms with Crippen LogP contribution < -0.4 is 0 Å². The van der Waals surface area contributed by atoms with Gasteiger partial charge in [0.2, 0.25) is 0 Å². The van der Waals surface area contributed by atoms with Crippen LogP contribution >= 0.6 is 0 Å². The Hall–Kier alpha value is -2.49. The van der Waals surface area contributed by atoms with Crippen molar-refractivity contribution in [1.29, 1.82) is 0 Å². The summed E-state index contributed by atoms with van der Waals surface area (Å²) in [5, 5.41) is 9.65. The van der Waals surface area contributed by atoms with E-state index in [0.717, 1.165) is 51.4 Å². The van der Waals surface area contributed by atoms with Gasteiger partial charge in [0.05, 0.1) is 34.4 Å². The highest BCUT2D eigenvalue weighted by atomic mass is 16.7. The van der Waals surface area contributed by atoms with Gasteiger partial charge in [0, 0.05) is 12.8 Å². The second kappa shape index (κ2) is 54.8. The average Bonchev–Trinajstić information content (AvgIpc) is 3.35. The molecule has 9 heteroatoms. The van der Waals surface area contributed by atoms with Crippen molar-refractivity contribution in [3.8, 4) is 0 Å². The van der Waals surface area contributed by atoms with Crippen LogP contribution in [0.15, 0.2) is 36.5 Å². The van der Waals surface area contributed by atoms with Crippen LogP contribution in [0.1, 0.15) is 290 Å². The molecule has 0 radical (unpaired) electrons. The van der Waals surface area contributed by atoms with Crippen LogP contribution in [-0.2, 0) is 33.3 Å². The molecule has 0 aliphatic heterocycles. The number of carboxylic acids is 1. The van der Waals surface area contributed by atoms with Gasteiger partial charge in [-0.1, -0.05) is 262 Å². The van der Waals surface area contributed by atoms with E-state index < -0.39 is 24.3 Å². The number of carbonyl (C=O) groups is 3. The largest absolute Gasteiger partial charge is 0.477 e. The molecule has 1 N–H and O–H groups in total. The first kappa shape index (κ1) is 69.5. The Labute approximate surface area is 445 Å². The van der Waals surface area contributed by atoms with Gasteiger partial charge in [0.1, 0.15) is 13.2 Å². The molecule has 0 fully saturated rings. The molecule has 0 amide bonds. The van der Waals surface area contributed by atoms with Gasteiger partial charge >= 0.3 is 17.9 Å². The SMILES string of the molecule is CCCCCCC/C=C\C/C=C\C/C=C\CCCCCCCCCCCCCCCCCCCCCCCCCCC(=O)OC(COC(=O)CCCCCCCCCC)COC(OCC[N+](C)(C)C)C(=O)O. The van der Waals surface area contributed by atoms with Gasteiger partial charge in [-0.05, 0) is 51.4 Å². The molecule has 2 atom stereocenters. The zero-order chi connectivity index (χ0) is 52.7. The molecule has 0 heterocycles. The van der Waals surface area contributed by atoms with Gasteiger partial charge in [-0.2, -0.15) is 0 Å². The zero-order valence-corrected chi connectivity index (χ0v) is 48.1. The molecule has 0 aromatic heterocycles. The Kier molecular flexibility index (Phi) is 52.9. The highest BCUT2D eigenvalue weighted by molar-refractivity contribution is 5.71.